The molecule has 8 nitrogen and oxygen atoms in total. The Hall–Kier alpha value is -1.67. The van der Waals surface area contributed by atoms with Crippen molar-refractivity contribution in [2.45, 2.75) is 130 Å². The molecule has 8 heteroatoms. The molecule has 0 radical (unpaired) electrons. The number of hydrogen-bond acceptors (Lipinski definition) is 5. The summed E-state index contributed by atoms with van der Waals surface area (Å²) in [6.07, 6.45) is 4.07. The molecule has 0 aliphatic carbocycles. The second-order valence-corrected chi connectivity index (χ2v) is 13.6. The number of likely N-dealkylation sites (tertiary alicyclic amines) is 1. The van der Waals surface area contributed by atoms with E-state index in [1.54, 1.807) is 4.90 Å². The third-order valence-corrected chi connectivity index (χ3v) is 8.98. The lowest BCUT2D eigenvalue weighted by Crippen LogP contribution is -2.62. The second kappa shape index (κ2) is 10.5. The van der Waals surface area contributed by atoms with Crippen molar-refractivity contribution in [1.29, 1.82) is 0 Å². The Balaban J connectivity index is 2.10. The molecule has 3 fully saturated rings. The number of hydrogen-bond donors (Lipinski definition) is 3. The summed E-state index contributed by atoms with van der Waals surface area (Å²) >= 11 is 0. The molecule has 212 valence electrons. The zero-order valence-electron chi connectivity index (χ0n) is 24.6. The molecule has 0 saturated carbocycles. The third kappa shape index (κ3) is 5.17. The molecule has 0 aromatic carbocycles. The Bertz CT molecular complexity index is 883. The van der Waals surface area contributed by atoms with Crippen molar-refractivity contribution in [2.24, 2.45) is 23.2 Å². The molecule has 37 heavy (non-hydrogen) atoms. The Morgan fingerprint density at radius 2 is 1.78 bits per heavy atom. The first kappa shape index (κ1) is 29.9. The van der Waals surface area contributed by atoms with Gasteiger partial charge >= 0.3 is 0 Å². The molecule has 1 spiro atoms. The van der Waals surface area contributed by atoms with E-state index in [1.165, 1.54) is 0 Å². The van der Waals surface area contributed by atoms with Crippen molar-refractivity contribution in [3.63, 3.8) is 0 Å². The van der Waals surface area contributed by atoms with Gasteiger partial charge in [-0.3, -0.25) is 14.4 Å². The van der Waals surface area contributed by atoms with E-state index >= 15 is 0 Å². The van der Waals surface area contributed by atoms with E-state index in [1.807, 2.05) is 41.5 Å². The lowest BCUT2D eigenvalue weighted by atomic mass is 9.65. The number of nitrogens with zero attached hydrogens (tertiary/aromatic N) is 1. The number of amides is 3. The normalized spacial score (nSPS) is 32.9. The summed E-state index contributed by atoms with van der Waals surface area (Å²) in [6, 6.07) is -1.42. The number of carbonyl (C=O) groups is 3. The topological polar surface area (TPSA) is 108 Å². The number of aliphatic hydroxyl groups excluding tert-OH is 1. The molecule has 0 aromatic heterocycles. The van der Waals surface area contributed by atoms with Gasteiger partial charge in [0.15, 0.2) is 0 Å². The molecule has 3 aliphatic heterocycles. The summed E-state index contributed by atoms with van der Waals surface area (Å²) in [7, 11) is 0. The number of rotatable bonds is 11. The highest BCUT2D eigenvalue weighted by Gasteiger charge is 2.79. The SMILES string of the molecule is CCCNC(=O)[C@H]1[C@H]2C(=O)N([C@@H](CO)[C@@H](C)CC)C(C(=O)NC(C)(C)CC(C)(C)C)C23CC[C@]1(CC)O3. The molecule has 0 aromatic rings. The number of carbonyl (C=O) groups excluding carboxylic acids is 3. The number of fused-ring (bicyclic) bond motifs is 1. The minimum Gasteiger partial charge on any atom is -0.394 e. The van der Waals surface area contributed by atoms with Crippen molar-refractivity contribution < 1.29 is 24.2 Å². The maximum Gasteiger partial charge on any atom is 0.246 e. The monoisotopic (exact) mass is 521 g/mol. The third-order valence-electron chi connectivity index (χ3n) is 8.98. The van der Waals surface area contributed by atoms with Gasteiger partial charge in [0.05, 0.1) is 30.1 Å². The quantitative estimate of drug-likeness (QED) is 0.386. The van der Waals surface area contributed by atoms with E-state index in [9.17, 15) is 19.5 Å². The fraction of sp³-hybridized carbons (Fsp3) is 0.897. The van der Waals surface area contributed by atoms with Crippen LogP contribution in [0.25, 0.3) is 0 Å². The fourth-order valence-electron chi connectivity index (χ4n) is 7.66. The first-order valence-electron chi connectivity index (χ1n) is 14.4. The standard InChI is InChI=1S/C29H51N3O5/c1-10-15-30-23(34)20-21-25(36)32(19(16-33)18(4)11-2)22(29(21)14-13-28(20,12-3)37-29)24(35)31-27(8,9)17-26(5,6)7/h18-22,33H,10-17H2,1-9H3,(H,30,34)(H,31,35)/t18-,19-,20+,21-,22?,28-,29?/m0/s1. The Morgan fingerprint density at radius 1 is 1.14 bits per heavy atom. The summed E-state index contributed by atoms with van der Waals surface area (Å²) in [5.74, 6) is -2.07. The van der Waals surface area contributed by atoms with Crippen molar-refractivity contribution in [3.8, 4) is 0 Å². The van der Waals surface area contributed by atoms with Crippen molar-refractivity contribution in [3.05, 3.63) is 0 Å². The van der Waals surface area contributed by atoms with Gasteiger partial charge in [-0.25, -0.2) is 0 Å². The molecular weight excluding hydrogens is 470 g/mol. The Labute approximate surface area is 223 Å². The van der Waals surface area contributed by atoms with Crippen LogP contribution in [0.1, 0.15) is 101 Å². The zero-order chi connectivity index (χ0) is 28.0. The number of ether oxygens (including phenoxy) is 1. The second-order valence-electron chi connectivity index (χ2n) is 13.6. The van der Waals surface area contributed by atoms with Gasteiger partial charge in [-0.15, -0.1) is 0 Å². The first-order valence-corrected chi connectivity index (χ1v) is 14.4. The Kier molecular flexibility index (Phi) is 8.46. The number of aliphatic hydroxyl groups is 1. The molecule has 3 saturated heterocycles. The van der Waals surface area contributed by atoms with E-state index < -0.39 is 40.7 Å². The van der Waals surface area contributed by atoms with E-state index in [0.29, 0.717) is 25.8 Å². The highest BCUT2D eigenvalue weighted by Crippen LogP contribution is 2.64. The number of nitrogens with one attached hydrogen (secondary N) is 2. The van der Waals surface area contributed by atoms with Crippen LogP contribution in [0.5, 0.6) is 0 Å². The Morgan fingerprint density at radius 3 is 2.30 bits per heavy atom. The van der Waals surface area contributed by atoms with Gasteiger partial charge in [0, 0.05) is 12.1 Å². The van der Waals surface area contributed by atoms with Gasteiger partial charge in [0.2, 0.25) is 17.7 Å². The summed E-state index contributed by atoms with van der Waals surface area (Å²) in [5.41, 5.74) is -2.36. The van der Waals surface area contributed by atoms with E-state index in [2.05, 4.69) is 31.4 Å². The van der Waals surface area contributed by atoms with Gasteiger partial charge in [-0.2, -0.15) is 0 Å². The lowest BCUT2D eigenvalue weighted by Gasteiger charge is -2.41. The molecule has 3 N–H and O–H groups in total. The fourth-order valence-corrected chi connectivity index (χ4v) is 7.66. The van der Waals surface area contributed by atoms with Crippen LogP contribution in [0.2, 0.25) is 0 Å². The molecule has 3 heterocycles. The molecule has 3 aliphatic rings. The summed E-state index contributed by atoms with van der Waals surface area (Å²) in [5, 5.41) is 16.7. The van der Waals surface area contributed by atoms with E-state index in [4.69, 9.17) is 4.74 Å². The molecule has 3 rings (SSSR count). The van der Waals surface area contributed by atoms with Crippen molar-refractivity contribution in [1.82, 2.24) is 15.5 Å². The summed E-state index contributed by atoms with van der Waals surface area (Å²) in [6.45, 7) is 18.7. The van der Waals surface area contributed by atoms with Crippen LogP contribution < -0.4 is 10.6 Å². The first-order chi connectivity index (χ1) is 17.1. The van der Waals surface area contributed by atoms with Gasteiger partial charge in [0.25, 0.3) is 0 Å². The van der Waals surface area contributed by atoms with Gasteiger partial charge < -0.3 is 25.4 Å². The van der Waals surface area contributed by atoms with Crippen LogP contribution in [0.3, 0.4) is 0 Å². The average Bonchev–Trinajstić information content (AvgIpc) is 3.39. The molecule has 2 bridgehead atoms. The minimum absolute atomic E-state index is 0.00974. The maximum atomic E-state index is 14.3. The lowest BCUT2D eigenvalue weighted by molar-refractivity contribution is -0.153. The van der Waals surface area contributed by atoms with Crippen LogP contribution in [-0.4, -0.2) is 69.7 Å². The molecule has 2 unspecified atom stereocenters. The summed E-state index contributed by atoms with van der Waals surface area (Å²) in [4.78, 5) is 43.7. The molecule has 3 amide bonds. The maximum absolute atomic E-state index is 14.3. The van der Waals surface area contributed by atoms with Crippen LogP contribution >= 0.6 is 0 Å². The van der Waals surface area contributed by atoms with Crippen LogP contribution in [0.15, 0.2) is 0 Å². The van der Waals surface area contributed by atoms with E-state index in [-0.39, 0.29) is 35.7 Å². The van der Waals surface area contributed by atoms with E-state index in [0.717, 1.165) is 19.3 Å². The minimum atomic E-state index is -1.08. The van der Waals surface area contributed by atoms with Gasteiger partial charge in [-0.05, 0) is 57.3 Å². The predicted octanol–water partition coefficient (Wildman–Crippen LogP) is 3.41. The van der Waals surface area contributed by atoms with Crippen LogP contribution in [-0.2, 0) is 19.1 Å². The van der Waals surface area contributed by atoms with Crippen LogP contribution in [0.4, 0.5) is 0 Å². The molecule has 7 atom stereocenters. The van der Waals surface area contributed by atoms with Gasteiger partial charge in [-0.1, -0.05) is 54.9 Å². The predicted molar refractivity (Wildman–Crippen MR) is 144 cm³/mol. The largest absolute Gasteiger partial charge is 0.394 e. The van der Waals surface area contributed by atoms with Crippen molar-refractivity contribution >= 4 is 17.7 Å². The summed E-state index contributed by atoms with van der Waals surface area (Å²) < 4.78 is 6.83. The smallest absolute Gasteiger partial charge is 0.246 e. The van der Waals surface area contributed by atoms with Crippen LogP contribution in [0, 0.1) is 23.2 Å². The average molecular weight is 522 g/mol. The zero-order valence-corrected chi connectivity index (χ0v) is 24.6. The highest BCUT2D eigenvalue weighted by atomic mass is 16.5. The highest BCUT2D eigenvalue weighted by molar-refractivity contribution is 5.99. The van der Waals surface area contributed by atoms with Crippen molar-refractivity contribution in [2.75, 3.05) is 13.2 Å². The van der Waals surface area contributed by atoms with Gasteiger partial charge in [0.1, 0.15) is 11.6 Å². The molecular formula is C29H51N3O5.